The van der Waals surface area contributed by atoms with Gasteiger partial charge in [0.05, 0.1) is 26.4 Å². The number of fused-ring (bicyclic) bond motifs is 1. The van der Waals surface area contributed by atoms with Crippen LogP contribution in [0.3, 0.4) is 0 Å². The number of rotatable bonds is 11. The summed E-state index contributed by atoms with van der Waals surface area (Å²) >= 11 is 1.59. The highest BCUT2D eigenvalue weighted by molar-refractivity contribution is 7.08. The van der Waals surface area contributed by atoms with Crippen molar-refractivity contribution in [2.45, 2.75) is 46.6 Å². The van der Waals surface area contributed by atoms with Crippen LogP contribution in [0.2, 0.25) is 0 Å². The van der Waals surface area contributed by atoms with E-state index >= 15 is 0 Å². The molecule has 0 spiro atoms. The third-order valence-electron chi connectivity index (χ3n) is 5.17. The Morgan fingerprint density at radius 3 is 2.40 bits per heavy atom. The maximum atomic E-state index is 6.00. The van der Waals surface area contributed by atoms with Crippen molar-refractivity contribution in [3.63, 3.8) is 0 Å². The van der Waals surface area contributed by atoms with E-state index in [2.05, 4.69) is 27.7 Å². The Morgan fingerprint density at radius 1 is 1.08 bits per heavy atom. The number of ether oxygens (including phenoxy) is 4. The average Bonchev–Trinajstić information content (AvgIpc) is 3.09. The molecule has 0 saturated heterocycles. The van der Waals surface area contributed by atoms with E-state index in [9.17, 15) is 0 Å². The van der Waals surface area contributed by atoms with Gasteiger partial charge in [-0.25, -0.2) is 0 Å². The van der Waals surface area contributed by atoms with E-state index in [1.807, 2.05) is 10.8 Å². The normalized spacial score (nSPS) is 21.6. The van der Waals surface area contributed by atoms with Crippen LogP contribution in [0.5, 0.6) is 11.5 Å². The summed E-state index contributed by atoms with van der Waals surface area (Å²) in [4.78, 5) is 0. The fourth-order valence-electron chi connectivity index (χ4n) is 2.47. The molecule has 5 nitrogen and oxygen atoms in total. The molecular weight excluding hydrogens is 338 g/mol. The molecular formula is C19H33NO4S. The van der Waals surface area contributed by atoms with Crippen molar-refractivity contribution in [2.75, 3.05) is 39.6 Å². The van der Waals surface area contributed by atoms with Crippen molar-refractivity contribution in [1.82, 2.24) is 0 Å². The highest BCUT2D eigenvalue weighted by Gasteiger charge is 2.28. The van der Waals surface area contributed by atoms with Gasteiger partial charge in [-0.2, -0.15) is 0 Å². The van der Waals surface area contributed by atoms with Gasteiger partial charge in [0, 0.05) is 21.6 Å². The summed E-state index contributed by atoms with van der Waals surface area (Å²) in [5.74, 6) is 1.67. The summed E-state index contributed by atoms with van der Waals surface area (Å²) in [5.41, 5.74) is 5.91. The molecule has 0 fully saturated rings. The first-order chi connectivity index (χ1) is 11.9. The van der Waals surface area contributed by atoms with E-state index in [1.54, 1.807) is 11.3 Å². The first-order valence-electron chi connectivity index (χ1n) is 9.15. The second-order valence-corrected chi connectivity index (χ2v) is 8.44. The maximum Gasteiger partial charge on any atom is 0.172 e. The van der Waals surface area contributed by atoms with Gasteiger partial charge >= 0.3 is 0 Å². The smallest absolute Gasteiger partial charge is 0.172 e. The molecule has 0 aliphatic carbocycles. The van der Waals surface area contributed by atoms with Gasteiger partial charge in [-0.05, 0) is 19.4 Å². The van der Waals surface area contributed by atoms with Gasteiger partial charge < -0.3 is 24.7 Å². The first-order valence-corrected chi connectivity index (χ1v) is 10.1. The van der Waals surface area contributed by atoms with Gasteiger partial charge in [0.25, 0.3) is 0 Å². The Kier molecular flexibility index (Phi) is 7.55. The minimum atomic E-state index is -0.0512. The quantitative estimate of drug-likeness (QED) is 0.642. The molecule has 0 radical (unpaired) electrons. The van der Waals surface area contributed by atoms with Crippen LogP contribution < -0.4 is 15.2 Å². The average molecular weight is 372 g/mol. The van der Waals surface area contributed by atoms with Crippen molar-refractivity contribution in [3.05, 3.63) is 10.8 Å². The van der Waals surface area contributed by atoms with Crippen molar-refractivity contribution in [3.8, 4) is 11.5 Å². The van der Waals surface area contributed by atoms with Gasteiger partial charge in [0.15, 0.2) is 17.6 Å². The number of hydrogen-bond acceptors (Lipinski definition) is 6. The number of nitrogens with two attached hydrogens (primary N) is 1. The van der Waals surface area contributed by atoms with Gasteiger partial charge in [0.1, 0.15) is 6.61 Å². The summed E-state index contributed by atoms with van der Waals surface area (Å²) < 4.78 is 23.5. The topological polar surface area (TPSA) is 62.9 Å². The van der Waals surface area contributed by atoms with E-state index in [0.717, 1.165) is 24.3 Å². The molecule has 2 N–H and O–H groups in total. The number of thiophene rings is 1. The van der Waals surface area contributed by atoms with E-state index in [4.69, 9.17) is 24.7 Å². The second-order valence-electron chi connectivity index (χ2n) is 7.69. The molecule has 1 aromatic heterocycles. The Morgan fingerprint density at radius 2 is 1.72 bits per heavy atom. The molecule has 2 rings (SSSR count). The molecule has 25 heavy (non-hydrogen) atoms. The summed E-state index contributed by atoms with van der Waals surface area (Å²) in [6, 6.07) is 0. The van der Waals surface area contributed by atoms with Crippen LogP contribution in [0.4, 0.5) is 0 Å². The molecule has 2 heterocycles. The predicted octanol–water partition coefficient (Wildman–Crippen LogP) is 3.71. The Bertz CT molecular complexity index is 517. The SMILES string of the molecule is CCC(C)(CN)COCC(C)(CC)COCC1COc2cscc2O1. The van der Waals surface area contributed by atoms with Crippen LogP contribution >= 0.6 is 11.3 Å². The van der Waals surface area contributed by atoms with Gasteiger partial charge in [-0.15, -0.1) is 11.3 Å². The highest BCUT2D eigenvalue weighted by atomic mass is 32.1. The Labute approximate surface area is 155 Å². The highest BCUT2D eigenvalue weighted by Crippen LogP contribution is 2.35. The lowest BCUT2D eigenvalue weighted by molar-refractivity contribution is -0.0573. The van der Waals surface area contributed by atoms with E-state index in [-0.39, 0.29) is 16.9 Å². The van der Waals surface area contributed by atoms with Crippen LogP contribution in [-0.2, 0) is 9.47 Å². The fourth-order valence-corrected chi connectivity index (χ4v) is 3.15. The predicted molar refractivity (Wildman–Crippen MR) is 102 cm³/mol. The minimum absolute atomic E-state index is 0.00762. The maximum absolute atomic E-state index is 6.00. The largest absolute Gasteiger partial charge is 0.485 e. The lowest BCUT2D eigenvalue weighted by Crippen LogP contribution is -2.37. The van der Waals surface area contributed by atoms with Crippen LogP contribution in [0.25, 0.3) is 0 Å². The first kappa shape index (κ1) is 20.5. The molecule has 6 heteroatoms. The summed E-state index contributed by atoms with van der Waals surface area (Å²) in [7, 11) is 0. The summed E-state index contributed by atoms with van der Waals surface area (Å²) in [6.07, 6.45) is 1.96. The van der Waals surface area contributed by atoms with E-state index in [1.165, 1.54) is 0 Å². The van der Waals surface area contributed by atoms with Crippen LogP contribution in [-0.4, -0.2) is 45.7 Å². The molecule has 1 aliphatic heterocycles. The third-order valence-corrected chi connectivity index (χ3v) is 5.87. The van der Waals surface area contributed by atoms with E-state index < -0.39 is 0 Å². The van der Waals surface area contributed by atoms with Crippen LogP contribution in [0.15, 0.2) is 10.8 Å². The van der Waals surface area contributed by atoms with Crippen molar-refractivity contribution in [1.29, 1.82) is 0 Å². The van der Waals surface area contributed by atoms with Crippen LogP contribution in [0, 0.1) is 10.8 Å². The lowest BCUT2D eigenvalue weighted by Gasteiger charge is -2.32. The van der Waals surface area contributed by atoms with Crippen molar-refractivity contribution >= 4 is 11.3 Å². The van der Waals surface area contributed by atoms with Gasteiger partial charge in [-0.1, -0.05) is 27.7 Å². The molecule has 144 valence electrons. The molecule has 0 saturated carbocycles. The minimum Gasteiger partial charge on any atom is -0.485 e. The Balaban J connectivity index is 1.71. The zero-order valence-corrected chi connectivity index (χ0v) is 16.8. The van der Waals surface area contributed by atoms with Crippen molar-refractivity contribution < 1.29 is 18.9 Å². The van der Waals surface area contributed by atoms with Crippen molar-refractivity contribution in [2.24, 2.45) is 16.6 Å². The lowest BCUT2D eigenvalue weighted by atomic mass is 9.87. The molecule has 0 bridgehead atoms. The molecule has 0 aromatic carbocycles. The van der Waals surface area contributed by atoms with Crippen LogP contribution in [0.1, 0.15) is 40.5 Å². The van der Waals surface area contributed by atoms with E-state index in [0.29, 0.717) is 39.6 Å². The monoisotopic (exact) mass is 371 g/mol. The molecule has 3 unspecified atom stereocenters. The summed E-state index contributed by atoms with van der Waals surface area (Å²) in [6.45, 7) is 12.4. The fraction of sp³-hybridized carbons (Fsp3) is 0.789. The second kappa shape index (κ2) is 9.21. The van der Waals surface area contributed by atoms with Gasteiger partial charge in [0.2, 0.25) is 0 Å². The molecule has 1 aliphatic rings. The zero-order chi connectivity index (χ0) is 18.3. The Hall–Kier alpha value is -0.820. The number of hydrogen-bond donors (Lipinski definition) is 1. The standard InChI is InChI=1S/C19H33NO4S/c1-5-18(3,11-20)12-22-14-19(4,6-2)13-21-7-15-8-23-16-9-25-10-17(16)24-15/h9-10,15H,5-8,11-14,20H2,1-4H3. The zero-order valence-electron chi connectivity index (χ0n) is 16.0. The molecule has 1 aromatic rings. The molecule has 0 amide bonds. The molecule has 3 atom stereocenters. The summed E-state index contributed by atoms with van der Waals surface area (Å²) in [5, 5.41) is 3.93. The third kappa shape index (κ3) is 5.84. The van der Waals surface area contributed by atoms with Gasteiger partial charge in [-0.3, -0.25) is 0 Å².